The molecule has 0 fully saturated rings. The average Bonchev–Trinajstić information content (AvgIpc) is 2.16. The fourth-order valence-corrected chi connectivity index (χ4v) is 1.74. The molecule has 7 heteroatoms. The number of pyridine rings is 1. The van der Waals surface area contributed by atoms with E-state index >= 15 is 0 Å². The van der Waals surface area contributed by atoms with Crippen LogP contribution in [0.25, 0.3) is 0 Å². The normalized spacial score (nSPS) is 10.1. The molecule has 0 atom stereocenters. The predicted octanol–water partition coefficient (Wildman–Crippen LogP) is 3.03. The second-order valence-electron chi connectivity index (χ2n) is 2.43. The number of nitrogens with zero attached hydrogens (tertiary/aromatic N) is 2. The first kappa shape index (κ1) is 12.0. The summed E-state index contributed by atoms with van der Waals surface area (Å²) in [4.78, 5) is 14.1. The lowest BCUT2D eigenvalue weighted by Gasteiger charge is -2.05. The summed E-state index contributed by atoms with van der Waals surface area (Å²) in [6, 6.07) is 1.54. The molecule has 1 rings (SSSR count). The van der Waals surface area contributed by atoms with Crippen LogP contribution in [0.3, 0.4) is 0 Å². The lowest BCUT2D eigenvalue weighted by molar-refractivity contribution is 0.107. The van der Waals surface area contributed by atoms with Crippen molar-refractivity contribution in [1.29, 1.82) is 5.26 Å². The van der Waals surface area contributed by atoms with Crippen LogP contribution in [0.1, 0.15) is 28.0 Å². The summed E-state index contributed by atoms with van der Waals surface area (Å²) in [5.74, 6) is 0. The van der Waals surface area contributed by atoms with Crippen molar-refractivity contribution in [3.05, 3.63) is 27.5 Å². The standard InChI is InChI=1S/C8H2BrClF2N2O/c9-5-3(1-13)6(8(11)12)14-2-4(5)7(10)15/h2,8H. The summed E-state index contributed by atoms with van der Waals surface area (Å²) >= 11 is 8.02. The summed E-state index contributed by atoms with van der Waals surface area (Å²) in [6.45, 7) is 0. The van der Waals surface area contributed by atoms with Crippen molar-refractivity contribution in [1.82, 2.24) is 4.98 Å². The summed E-state index contributed by atoms with van der Waals surface area (Å²) in [5, 5.41) is 7.78. The molecule has 0 bridgehead atoms. The van der Waals surface area contributed by atoms with Crippen LogP contribution in [0.5, 0.6) is 0 Å². The van der Waals surface area contributed by atoms with Crippen molar-refractivity contribution >= 4 is 32.8 Å². The third-order valence-corrected chi connectivity index (χ3v) is 2.60. The van der Waals surface area contributed by atoms with Crippen LogP contribution >= 0.6 is 27.5 Å². The number of hydrogen-bond acceptors (Lipinski definition) is 3. The number of aromatic nitrogens is 1. The Kier molecular flexibility index (Phi) is 3.72. The van der Waals surface area contributed by atoms with Gasteiger partial charge in [-0.25, -0.2) is 8.78 Å². The van der Waals surface area contributed by atoms with Gasteiger partial charge in [0.05, 0.1) is 15.6 Å². The van der Waals surface area contributed by atoms with Gasteiger partial charge in [0, 0.05) is 6.20 Å². The van der Waals surface area contributed by atoms with Gasteiger partial charge in [-0.05, 0) is 27.5 Å². The van der Waals surface area contributed by atoms with E-state index in [4.69, 9.17) is 16.9 Å². The Morgan fingerprint density at radius 2 is 2.27 bits per heavy atom. The molecule has 0 aliphatic rings. The lowest BCUT2D eigenvalue weighted by atomic mass is 10.1. The van der Waals surface area contributed by atoms with E-state index < -0.39 is 17.4 Å². The first-order valence-corrected chi connectivity index (χ1v) is 4.72. The molecule has 0 saturated carbocycles. The van der Waals surface area contributed by atoms with Crippen LogP contribution in [0.2, 0.25) is 0 Å². The van der Waals surface area contributed by atoms with Crippen molar-refractivity contribution < 1.29 is 13.6 Å². The minimum Gasteiger partial charge on any atom is -0.276 e. The molecule has 0 unspecified atom stereocenters. The van der Waals surface area contributed by atoms with Crippen molar-refractivity contribution in [3.63, 3.8) is 0 Å². The lowest BCUT2D eigenvalue weighted by Crippen LogP contribution is -2.02. The van der Waals surface area contributed by atoms with Crippen molar-refractivity contribution in [2.75, 3.05) is 0 Å². The number of hydrogen-bond donors (Lipinski definition) is 0. The smallest absolute Gasteiger partial charge is 0.276 e. The molecule has 1 heterocycles. The summed E-state index contributed by atoms with van der Waals surface area (Å²) in [5.41, 5.74) is -1.17. The van der Waals surface area contributed by atoms with E-state index in [1.54, 1.807) is 6.07 Å². The quantitative estimate of drug-likeness (QED) is 0.788. The number of halogens is 4. The van der Waals surface area contributed by atoms with Crippen LogP contribution in [-0.4, -0.2) is 10.2 Å². The molecule has 0 radical (unpaired) electrons. The monoisotopic (exact) mass is 294 g/mol. The molecule has 0 aromatic carbocycles. The van der Waals surface area contributed by atoms with Gasteiger partial charge in [-0.2, -0.15) is 5.26 Å². The van der Waals surface area contributed by atoms with E-state index in [2.05, 4.69) is 20.9 Å². The van der Waals surface area contributed by atoms with E-state index in [-0.39, 0.29) is 15.6 Å². The van der Waals surface area contributed by atoms with Gasteiger partial charge in [0.2, 0.25) is 0 Å². The Morgan fingerprint density at radius 1 is 1.67 bits per heavy atom. The molecule has 0 amide bonds. The minimum atomic E-state index is -2.88. The number of rotatable bonds is 2. The predicted molar refractivity (Wildman–Crippen MR) is 51.8 cm³/mol. The van der Waals surface area contributed by atoms with E-state index in [9.17, 15) is 13.6 Å². The van der Waals surface area contributed by atoms with Crippen LogP contribution < -0.4 is 0 Å². The highest BCUT2D eigenvalue weighted by atomic mass is 79.9. The van der Waals surface area contributed by atoms with Crippen LogP contribution in [0.15, 0.2) is 10.7 Å². The van der Waals surface area contributed by atoms with Gasteiger partial charge in [0.1, 0.15) is 11.8 Å². The van der Waals surface area contributed by atoms with Gasteiger partial charge in [0.25, 0.3) is 11.7 Å². The molecule has 3 nitrogen and oxygen atoms in total. The van der Waals surface area contributed by atoms with E-state index in [0.717, 1.165) is 6.20 Å². The number of alkyl halides is 2. The zero-order valence-electron chi connectivity index (χ0n) is 6.97. The Hall–Kier alpha value is -1.06. The fourth-order valence-electron chi connectivity index (χ4n) is 0.911. The van der Waals surface area contributed by atoms with Gasteiger partial charge in [0.15, 0.2) is 0 Å². The molecule has 78 valence electrons. The largest absolute Gasteiger partial charge is 0.281 e. The van der Waals surface area contributed by atoms with Gasteiger partial charge in [-0.1, -0.05) is 0 Å². The maximum Gasteiger partial charge on any atom is 0.281 e. The average molecular weight is 295 g/mol. The van der Waals surface area contributed by atoms with Gasteiger partial charge in [-0.3, -0.25) is 9.78 Å². The van der Waals surface area contributed by atoms with Crippen molar-refractivity contribution in [2.24, 2.45) is 0 Å². The molecule has 1 aromatic heterocycles. The number of carbonyl (C=O) groups excluding carboxylic acids is 1. The Balaban J connectivity index is 3.48. The molecule has 0 aliphatic heterocycles. The first-order valence-electron chi connectivity index (χ1n) is 3.55. The first-order chi connectivity index (χ1) is 6.99. The zero-order valence-corrected chi connectivity index (χ0v) is 9.31. The zero-order chi connectivity index (χ0) is 11.6. The van der Waals surface area contributed by atoms with Gasteiger partial charge in [-0.15, -0.1) is 0 Å². The molecule has 0 spiro atoms. The third-order valence-electron chi connectivity index (χ3n) is 1.58. The van der Waals surface area contributed by atoms with Crippen molar-refractivity contribution in [2.45, 2.75) is 6.43 Å². The van der Waals surface area contributed by atoms with E-state index in [1.807, 2.05) is 0 Å². The maximum atomic E-state index is 12.4. The van der Waals surface area contributed by atoms with Crippen molar-refractivity contribution in [3.8, 4) is 6.07 Å². The Labute approximate surface area is 96.8 Å². The number of nitriles is 1. The summed E-state index contributed by atoms with van der Waals surface area (Å²) in [7, 11) is 0. The fraction of sp³-hybridized carbons (Fsp3) is 0.125. The molecule has 15 heavy (non-hydrogen) atoms. The highest BCUT2D eigenvalue weighted by Gasteiger charge is 2.21. The molecule has 0 saturated heterocycles. The molecule has 0 aliphatic carbocycles. The summed E-state index contributed by atoms with van der Waals surface area (Å²) < 4.78 is 24.7. The number of carbonyl (C=O) groups is 1. The second kappa shape index (κ2) is 4.64. The Bertz CT molecular complexity index is 459. The molecular weight excluding hydrogens is 293 g/mol. The van der Waals surface area contributed by atoms with Crippen LogP contribution in [0.4, 0.5) is 8.78 Å². The van der Waals surface area contributed by atoms with E-state index in [1.165, 1.54) is 0 Å². The second-order valence-corrected chi connectivity index (χ2v) is 3.57. The van der Waals surface area contributed by atoms with Gasteiger partial charge >= 0.3 is 0 Å². The minimum absolute atomic E-state index is 0.0599. The Morgan fingerprint density at radius 3 is 2.67 bits per heavy atom. The van der Waals surface area contributed by atoms with E-state index in [0.29, 0.717) is 0 Å². The summed E-state index contributed by atoms with van der Waals surface area (Å²) in [6.07, 6.45) is -1.97. The van der Waals surface area contributed by atoms with Crippen LogP contribution in [-0.2, 0) is 0 Å². The molecule has 1 aromatic rings. The molecular formula is C8H2BrClF2N2O. The highest BCUT2D eigenvalue weighted by molar-refractivity contribution is 9.10. The van der Waals surface area contributed by atoms with Crippen LogP contribution in [0, 0.1) is 11.3 Å². The third kappa shape index (κ3) is 2.30. The van der Waals surface area contributed by atoms with Gasteiger partial charge < -0.3 is 0 Å². The molecule has 0 N–H and O–H groups in total. The highest BCUT2D eigenvalue weighted by Crippen LogP contribution is 2.29. The SMILES string of the molecule is N#Cc1c(C(F)F)ncc(C(=O)Cl)c1Br. The topological polar surface area (TPSA) is 53.8 Å². The maximum absolute atomic E-state index is 12.4.